The van der Waals surface area contributed by atoms with Crippen molar-refractivity contribution >= 4 is 16.8 Å². The number of amides is 1. The average molecular weight is 315 g/mol. The number of aryl methyl sites for hydroxylation is 2. The monoisotopic (exact) mass is 315 g/mol. The summed E-state index contributed by atoms with van der Waals surface area (Å²) in [5, 5.41) is 4.24. The summed E-state index contributed by atoms with van der Waals surface area (Å²) in [6, 6.07) is 8.23. The normalized spacial score (nSPS) is 21.9. The lowest BCUT2D eigenvalue weighted by Gasteiger charge is -2.19. The first-order valence-electron chi connectivity index (χ1n) is 8.16. The fraction of sp³-hybridized carbons (Fsp3) is 0.500. The highest BCUT2D eigenvalue weighted by molar-refractivity contribution is 5.99. The Morgan fingerprint density at radius 2 is 2.09 bits per heavy atom. The molecule has 1 aliphatic rings. The van der Waals surface area contributed by atoms with Gasteiger partial charge in [-0.2, -0.15) is 0 Å². The summed E-state index contributed by atoms with van der Waals surface area (Å²) in [6.07, 6.45) is 0.0610. The Morgan fingerprint density at radius 3 is 2.83 bits per heavy atom. The predicted molar refractivity (Wildman–Crippen MR) is 91.8 cm³/mol. The molecular formula is C18H25N3O2. The van der Waals surface area contributed by atoms with E-state index in [0.29, 0.717) is 12.3 Å². The van der Waals surface area contributed by atoms with Crippen LogP contribution < -0.4 is 5.32 Å². The maximum absolute atomic E-state index is 12.7. The van der Waals surface area contributed by atoms with Gasteiger partial charge >= 0.3 is 0 Å². The van der Waals surface area contributed by atoms with Gasteiger partial charge in [0.15, 0.2) is 0 Å². The standard InChI is InChI=1S/C18H25N3O2/c1-5-23-17-11-20(3)10-14(17)19-18(22)16-9-13-7-6-12(2)8-15(13)21(16)4/h6-9,14,17H,5,10-11H2,1-4H3,(H,19,22)/t14-,17-/m0/s1. The van der Waals surface area contributed by atoms with Crippen LogP contribution in [0.1, 0.15) is 23.0 Å². The zero-order valence-electron chi connectivity index (χ0n) is 14.3. The minimum atomic E-state index is -0.0358. The van der Waals surface area contributed by atoms with Crippen LogP contribution in [0.25, 0.3) is 10.9 Å². The molecule has 1 amide bonds. The van der Waals surface area contributed by atoms with Gasteiger partial charge < -0.3 is 19.5 Å². The first-order valence-corrected chi connectivity index (χ1v) is 8.16. The maximum Gasteiger partial charge on any atom is 0.268 e. The molecule has 3 rings (SSSR count). The zero-order valence-corrected chi connectivity index (χ0v) is 14.3. The predicted octanol–water partition coefficient (Wildman–Crippen LogP) is 1.94. The van der Waals surface area contributed by atoms with Crippen molar-refractivity contribution in [1.29, 1.82) is 0 Å². The van der Waals surface area contributed by atoms with E-state index in [0.717, 1.165) is 24.0 Å². The van der Waals surface area contributed by atoms with Crippen LogP contribution in [0.15, 0.2) is 24.3 Å². The number of nitrogens with one attached hydrogen (secondary N) is 1. The molecular weight excluding hydrogens is 290 g/mol. The van der Waals surface area contributed by atoms with Crippen LogP contribution in [0.3, 0.4) is 0 Å². The van der Waals surface area contributed by atoms with E-state index in [1.165, 1.54) is 5.56 Å². The summed E-state index contributed by atoms with van der Waals surface area (Å²) < 4.78 is 7.73. The van der Waals surface area contributed by atoms with E-state index in [-0.39, 0.29) is 18.1 Å². The van der Waals surface area contributed by atoms with Crippen molar-refractivity contribution < 1.29 is 9.53 Å². The van der Waals surface area contributed by atoms with Crippen molar-refractivity contribution in [1.82, 2.24) is 14.8 Å². The van der Waals surface area contributed by atoms with Crippen LogP contribution in [-0.4, -0.2) is 54.3 Å². The molecule has 5 nitrogen and oxygen atoms in total. The van der Waals surface area contributed by atoms with E-state index in [1.807, 2.05) is 24.6 Å². The van der Waals surface area contributed by atoms with Crippen molar-refractivity contribution in [3.05, 3.63) is 35.5 Å². The Balaban J connectivity index is 1.82. The number of rotatable bonds is 4. The average Bonchev–Trinajstić information content (AvgIpc) is 3.00. The topological polar surface area (TPSA) is 46.5 Å². The first-order chi connectivity index (χ1) is 11.0. The molecule has 1 N–H and O–H groups in total. The Kier molecular flexibility index (Phi) is 4.41. The molecule has 5 heteroatoms. The van der Waals surface area contributed by atoms with E-state index >= 15 is 0 Å². The highest BCUT2D eigenvalue weighted by atomic mass is 16.5. The van der Waals surface area contributed by atoms with Gasteiger partial charge in [-0.15, -0.1) is 0 Å². The molecule has 1 aromatic heterocycles. The second-order valence-corrected chi connectivity index (χ2v) is 6.45. The summed E-state index contributed by atoms with van der Waals surface area (Å²) in [5.74, 6) is -0.0358. The Bertz CT molecular complexity index is 722. The lowest BCUT2D eigenvalue weighted by Crippen LogP contribution is -2.44. The number of benzene rings is 1. The van der Waals surface area contributed by atoms with Crippen molar-refractivity contribution in [2.24, 2.45) is 7.05 Å². The van der Waals surface area contributed by atoms with E-state index in [9.17, 15) is 4.79 Å². The van der Waals surface area contributed by atoms with E-state index in [2.05, 4.69) is 42.4 Å². The van der Waals surface area contributed by atoms with Gasteiger partial charge in [-0.25, -0.2) is 0 Å². The van der Waals surface area contributed by atoms with Gasteiger partial charge in [0.25, 0.3) is 5.91 Å². The van der Waals surface area contributed by atoms with Gasteiger partial charge in [0.1, 0.15) is 5.69 Å². The van der Waals surface area contributed by atoms with Gasteiger partial charge in [0.05, 0.1) is 12.1 Å². The van der Waals surface area contributed by atoms with Crippen LogP contribution in [0.2, 0.25) is 0 Å². The Hall–Kier alpha value is -1.85. The third-order valence-electron chi connectivity index (χ3n) is 4.58. The molecule has 2 heterocycles. The SMILES string of the molecule is CCO[C@H]1CN(C)C[C@@H]1NC(=O)c1cc2ccc(C)cc2n1C. The summed E-state index contributed by atoms with van der Waals surface area (Å²) in [7, 11) is 4.00. The zero-order chi connectivity index (χ0) is 16.6. The van der Waals surface area contributed by atoms with Crippen LogP contribution in [0.4, 0.5) is 0 Å². The van der Waals surface area contributed by atoms with Crippen LogP contribution in [0, 0.1) is 6.92 Å². The Morgan fingerprint density at radius 1 is 1.30 bits per heavy atom. The highest BCUT2D eigenvalue weighted by Gasteiger charge is 2.33. The van der Waals surface area contributed by atoms with E-state index < -0.39 is 0 Å². The van der Waals surface area contributed by atoms with Crippen molar-refractivity contribution in [2.75, 3.05) is 26.7 Å². The molecule has 2 aromatic rings. The molecule has 0 spiro atoms. The molecule has 0 bridgehead atoms. The minimum Gasteiger partial charge on any atom is -0.375 e. The second-order valence-electron chi connectivity index (χ2n) is 6.45. The van der Waals surface area contributed by atoms with Crippen molar-refractivity contribution in [3.63, 3.8) is 0 Å². The quantitative estimate of drug-likeness (QED) is 0.938. The maximum atomic E-state index is 12.7. The highest BCUT2D eigenvalue weighted by Crippen LogP contribution is 2.21. The summed E-state index contributed by atoms with van der Waals surface area (Å²) in [4.78, 5) is 14.9. The molecule has 124 valence electrons. The molecule has 23 heavy (non-hydrogen) atoms. The molecule has 2 atom stereocenters. The number of likely N-dealkylation sites (tertiary alicyclic amines) is 1. The lowest BCUT2D eigenvalue weighted by molar-refractivity contribution is 0.0511. The number of likely N-dealkylation sites (N-methyl/N-ethyl adjacent to an activating group) is 1. The van der Waals surface area contributed by atoms with E-state index in [1.54, 1.807) is 0 Å². The Labute approximate surface area is 137 Å². The number of carbonyl (C=O) groups excluding carboxylic acids is 1. The molecule has 1 saturated heterocycles. The summed E-state index contributed by atoms with van der Waals surface area (Å²) in [6.45, 7) is 6.39. The number of carbonyl (C=O) groups is 1. The van der Waals surface area contributed by atoms with Crippen LogP contribution in [0.5, 0.6) is 0 Å². The molecule has 1 aromatic carbocycles. The number of ether oxygens (including phenoxy) is 1. The molecule has 0 radical (unpaired) electrons. The van der Waals surface area contributed by atoms with Crippen molar-refractivity contribution in [2.45, 2.75) is 26.0 Å². The number of nitrogens with zero attached hydrogens (tertiary/aromatic N) is 2. The third-order valence-corrected chi connectivity index (χ3v) is 4.58. The van der Waals surface area contributed by atoms with Crippen molar-refractivity contribution in [3.8, 4) is 0 Å². The summed E-state index contributed by atoms with van der Waals surface area (Å²) in [5.41, 5.74) is 2.97. The molecule has 0 unspecified atom stereocenters. The van der Waals surface area contributed by atoms with Crippen LogP contribution >= 0.6 is 0 Å². The van der Waals surface area contributed by atoms with E-state index in [4.69, 9.17) is 4.74 Å². The number of hydrogen-bond acceptors (Lipinski definition) is 3. The van der Waals surface area contributed by atoms with Gasteiger partial charge in [0.2, 0.25) is 0 Å². The fourth-order valence-corrected chi connectivity index (χ4v) is 3.38. The lowest BCUT2D eigenvalue weighted by atomic mass is 10.2. The molecule has 0 aliphatic carbocycles. The smallest absolute Gasteiger partial charge is 0.268 e. The van der Waals surface area contributed by atoms with Gasteiger partial charge in [-0.3, -0.25) is 4.79 Å². The third kappa shape index (κ3) is 3.12. The van der Waals surface area contributed by atoms with Gasteiger partial charge in [-0.05, 0) is 38.6 Å². The number of fused-ring (bicyclic) bond motifs is 1. The molecule has 0 saturated carbocycles. The van der Waals surface area contributed by atoms with Gasteiger partial charge in [0, 0.05) is 37.6 Å². The molecule has 1 fully saturated rings. The van der Waals surface area contributed by atoms with Gasteiger partial charge in [-0.1, -0.05) is 12.1 Å². The largest absolute Gasteiger partial charge is 0.375 e. The minimum absolute atomic E-state index is 0.0344. The number of hydrogen-bond donors (Lipinski definition) is 1. The first kappa shape index (κ1) is 16.0. The second kappa shape index (κ2) is 6.34. The number of aromatic nitrogens is 1. The summed E-state index contributed by atoms with van der Waals surface area (Å²) >= 11 is 0. The fourth-order valence-electron chi connectivity index (χ4n) is 3.38. The molecule has 1 aliphatic heterocycles. The van der Waals surface area contributed by atoms with Crippen LogP contribution in [-0.2, 0) is 11.8 Å².